The number of nitro benzene ring substituents is 1. The van der Waals surface area contributed by atoms with Gasteiger partial charge in [0, 0.05) is 18.2 Å². The van der Waals surface area contributed by atoms with E-state index in [0.29, 0.717) is 5.56 Å². The molecule has 0 fully saturated rings. The highest BCUT2D eigenvalue weighted by atomic mass is 19.4. The van der Waals surface area contributed by atoms with Crippen LogP contribution in [0.5, 0.6) is 0 Å². The second-order valence-corrected chi connectivity index (χ2v) is 3.55. The number of non-ortho nitro benzene ring substituents is 1. The lowest BCUT2D eigenvalue weighted by atomic mass is 10.2. The maximum absolute atomic E-state index is 11.7. The maximum Gasteiger partial charge on any atom is 0.414 e. The van der Waals surface area contributed by atoms with Crippen molar-refractivity contribution in [2.24, 2.45) is 0 Å². The van der Waals surface area contributed by atoms with Gasteiger partial charge in [-0.05, 0) is 23.8 Å². The SMILES string of the molecule is O=C(/C=C/c1ccc([N+](=O)[O-])cc1)NOCC(F)(F)F. The van der Waals surface area contributed by atoms with Gasteiger partial charge in [-0.3, -0.25) is 19.7 Å². The van der Waals surface area contributed by atoms with Crippen LogP contribution in [0.2, 0.25) is 0 Å². The molecule has 1 N–H and O–H groups in total. The van der Waals surface area contributed by atoms with E-state index in [1.54, 1.807) is 5.48 Å². The van der Waals surface area contributed by atoms with E-state index >= 15 is 0 Å². The predicted octanol–water partition coefficient (Wildman–Crippen LogP) is 2.22. The van der Waals surface area contributed by atoms with Crippen LogP contribution in [-0.2, 0) is 9.63 Å². The number of carbonyl (C=O) groups is 1. The number of hydroxylamine groups is 1. The summed E-state index contributed by atoms with van der Waals surface area (Å²) in [6.07, 6.45) is -2.32. The van der Waals surface area contributed by atoms with E-state index in [-0.39, 0.29) is 5.69 Å². The topological polar surface area (TPSA) is 81.5 Å². The van der Waals surface area contributed by atoms with Gasteiger partial charge >= 0.3 is 6.18 Å². The summed E-state index contributed by atoms with van der Waals surface area (Å²) in [5.74, 6) is -0.882. The Morgan fingerprint density at radius 1 is 1.35 bits per heavy atom. The third-order valence-corrected chi connectivity index (χ3v) is 1.94. The van der Waals surface area contributed by atoms with Crippen molar-refractivity contribution in [3.63, 3.8) is 0 Å². The molecule has 0 aliphatic heterocycles. The van der Waals surface area contributed by atoms with E-state index in [2.05, 4.69) is 4.84 Å². The minimum absolute atomic E-state index is 0.111. The van der Waals surface area contributed by atoms with E-state index < -0.39 is 23.6 Å². The Labute approximate surface area is 110 Å². The summed E-state index contributed by atoms with van der Waals surface area (Å²) >= 11 is 0. The first-order valence-electron chi connectivity index (χ1n) is 5.19. The van der Waals surface area contributed by atoms with Crippen LogP contribution in [-0.4, -0.2) is 23.6 Å². The van der Waals surface area contributed by atoms with Gasteiger partial charge in [-0.1, -0.05) is 0 Å². The highest BCUT2D eigenvalue weighted by Crippen LogP contribution is 2.14. The molecule has 1 rings (SSSR count). The summed E-state index contributed by atoms with van der Waals surface area (Å²) in [7, 11) is 0. The molecule has 0 radical (unpaired) electrons. The van der Waals surface area contributed by atoms with Crippen LogP contribution in [0.1, 0.15) is 5.56 Å². The Kier molecular flexibility index (Phi) is 5.21. The zero-order valence-corrected chi connectivity index (χ0v) is 9.89. The van der Waals surface area contributed by atoms with Gasteiger partial charge in [0.15, 0.2) is 6.61 Å². The Bertz CT molecular complexity index is 511. The van der Waals surface area contributed by atoms with E-state index in [4.69, 9.17) is 0 Å². The van der Waals surface area contributed by atoms with Gasteiger partial charge in [-0.15, -0.1) is 0 Å². The number of benzene rings is 1. The molecule has 0 saturated carbocycles. The zero-order valence-electron chi connectivity index (χ0n) is 9.89. The number of nitrogens with one attached hydrogen (secondary N) is 1. The molecule has 1 amide bonds. The lowest BCUT2D eigenvalue weighted by Crippen LogP contribution is -2.28. The number of hydrogen-bond donors (Lipinski definition) is 1. The minimum Gasteiger partial charge on any atom is -0.268 e. The highest BCUT2D eigenvalue weighted by molar-refractivity contribution is 5.90. The summed E-state index contributed by atoms with van der Waals surface area (Å²) in [5.41, 5.74) is 1.95. The van der Waals surface area contributed by atoms with Crippen molar-refractivity contribution in [1.29, 1.82) is 0 Å². The Morgan fingerprint density at radius 3 is 2.45 bits per heavy atom. The number of rotatable bonds is 5. The fourth-order valence-electron chi connectivity index (χ4n) is 1.10. The molecule has 6 nitrogen and oxygen atoms in total. The normalized spacial score (nSPS) is 11.6. The van der Waals surface area contributed by atoms with Crippen LogP contribution >= 0.6 is 0 Å². The number of nitro groups is 1. The molecule has 0 saturated heterocycles. The molecule has 0 bridgehead atoms. The molecular weight excluding hydrogens is 281 g/mol. The Morgan fingerprint density at radius 2 is 1.95 bits per heavy atom. The van der Waals surface area contributed by atoms with Gasteiger partial charge in [0.1, 0.15) is 0 Å². The molecule has 0 unspecified atom stereocenters. The van der Waals surface area contributed by atoms with Crippen LogP contribution < -0.4 is 5.48 Å². The smallest absolute Gasteiger partial charge is 0.268 e. The molecule has 0 atom stereocenters. The molecular formula is C11H9F3N2O4. The van der Waals surface area contributed by atoms with Crippen molar-refractivity contribution in [2.75, 3.05) is 6.61 Å². The summed E-state index contributed by atoms with van der Waals surface area (Å²) in [4.78, 5) is 24.8. The summed E-state index contributed by atoms with van der Waals surface area (Å²) in [6, 6.07) is 5.24. The fourth-order valence-corrected chi connectivity index (χ4v) is 1.10. The van der Waals surface area contributed by atoms with Crippen LogP contribution in [0.4, 0.5) is 18.9 Å². The first-order valence-corrected chi connectivity index (χ1v) is 5.19. The predicted molar refractivity (Wildman–Crippen MR) is 62.3 cm³/mol. The molecule has 0 heterocycles. The largest absolute Gasteiger partial charge is 0.414 e. The first-order chi connectivity index (χ1) is 9.28. The molecule has 108 valence electrons. The monoisotopic (exact) mass is 290 g/mol. The molecule has 0 aromatic heterocycles. The van der Waals surface area contributed by atoms with Gasteiger partial charge in [0.2, 0.25) is 0 Å². The van der Waals surface area contributed by atoms with Crippen molar-refractivity contribution in [3.8, 4) is 0 Å². The summed E-state index contributed by atoms with van der Waals surface area (Å²) < 4.78 is 35.1. The lowest BCUT2D eigenvalue weighted by Gasteiger charge is -2.06. The summed E-state index contributed by atoms with van der Waals surface area (Å²) in [5, 5.41) is 10.4. The van der Waals surface area contributed by atoms with Crippen LogP contribution in [0.15, 0.2) is 30.3 Å². The fraction of sp³-hybridized carbons (Fsp3) is 0.182. The number of halogens is 3. The summed E-state index contributed by atoms with van der Waals surface area (Å²) in [6.45, 7) is -1.59. The molecule has 0 aliphatic carbocycles. The average Bonchev–Trinajstić information content (AvgIpc) is 2.35. The van der Waals surface area contributed by atoms with Crippen molar-refractivity contribution in [2.45, 2.75) is 6.18 Å². The van der Waals surface area contributed by atoms with Crippen molar-refractivity contribution in [3.05, 3.63) is 46.0 Å². The van der Waals surface area contributed by atoms with E-state index in [9.17, 15) is 28.1 Å². The van der Waals surface area contributed by atoms with Gasteiger partial charge in [-0.25, -0.2) is 5.48 Å². The number of nitrogens with zero attached hydrogens (tertiary/aromatic N) is 1. The van der Waals surface area contributed by atoms with Gasteiger partial charge in [0.05, 0.1) is 4.92 Å². The lowest BCUT2D eigenvalue weighted by molar-refractivity contribution is -0.384. The number of alkyl halides is 3. The number of carbonyl (C=O) groups excluding carboxylic acids is 1. The highest BCUT2D eigenvalue weighted by Gasteiger charge is 2.28. The van der Waals surface area contributed by atoms with Crippen LogP contribution in [0.3, 0.4) is 0 Å². The minimum atomic E-state index is -4.53. The van der Waals surface area contributed by atoms with Gasteiger partial charge < -0.3 is 0 Å². The molecule has 1 aromatic rings. The Hall–Kier alpha value is -2.42. The van der Waals surface area contributed by atoms with E-state index in [1.165, 1.54) is 30.3 Å². The Balaban J connectivity index is 2.47. The van der Waals surface area contributed by atoms with Crippen LogP contribution in [0.25, 0.3) is 6.08 Å². The third kappa shape index (κ3) is 5.96. The number of hydrogen-bond acceptors (Lipinski definition) is 4. The van der Waals surface area contributed by atoms with Crippen molar-refractivity contribution in [1.82, 2.24) is 5.48 Å². The standard InChI is InChI=1S/C11H9F3N2O4/c12-11(13,14)7-20-15-10(17)6-3-8-1-4-9(5-2-8)16(18)19/h1-6H,7H2,(H,15,17)/b6-3+. The second-order valence-electron chi connectivity index (χ2n) is 3.55. The average molecular weight is 290 g/mol. The van der Waals surface area contributed by atoms with Crippen molar-refractivity contribution >= 4 is 17.7 Å². The van der Waals surface area contributed by atoms with Crippen LogP contribution in [0, 0.1) is 10.1 Å². The van der Waals surface area contributed by atoms with Gasteiger partial charge in [-0.2, -0.15) is 13.2 Å². The zero-order chi connectivity index (χ0) is 15.2. The van der Waals surface area contributed by atoms with Crippen molar-refractivity contribution < 1.29 is 27.7 Å². The third-order valence-electron chi connectivity index (χ3n) is 1.94. The van der Waals surface area contributed by atoms with E-state index in [1.807, 2.05) is 0 Å². The molecule has 20 heavy (non-hydrogen) atoms. The quantitative estimate of drug-likeness (QED) is 0.512. The molecule has 1 aromatic carbocycles. The van der Waals surface area contributed by atoms with Gasteiger partial charge in [0.25, 0.3) is 11.6 Å². The van der Waals surface area contributed by atoms with E-state index in [0.717, 1.165) is 6.08 Å². The second kappa shape index (κ2) is 6.66. The first kappa shape index (κ1) is 15.6. The molecule has 0 aliphatic rings. The maximum atomic E-state index is 11.7. The molecule has 9 heteroatoms. The molecule has 0 spiro atoms. The number of amides is 1.